The Hall–Kier alpha value is -3.04. The Kier molecular flexibility index (Phi) is 6.43. The number of non-ortho nitro benzene ring substituents is 1. The number of hydrogen-bond acceptors (Lipinski definition) is 7. The Morgan fingerprint density at radius 1 is 1.26 bits per heavy atom. The maximum absolute atomic E-state index is 12.2. The first-order chi connectivity index (χ1) is 15.0. The van der Waals surface area contributed by atoms with E-state index >= 15 is 0 Å². The molecule has 1 saturated heterocycles. The van der Waals surface area contributed by atoms with Crippen LogP contribution in [0.5, 0.6) is 5.75 Å². The van der Waals surface area contributed by atoms with Crippen LogP contribution in [0.4, 0.5) is 10.8 Å². The normalized spacial score (nSPS) is 15.1. The molecular weight excluding hydrogens is 416 g/mol. The van der Waals surface area contributed by atoms with Crippen molar-refractivity contribution in [3.63, 3.8) is 0 Å². The van der Waals surface area contributed by atoms with E-state index < -0.39 is 4.92 Å². The van der Waals surface area contributed by atoms with E-state index in [2.05, 4.69) is 34.3 Å². The van der Waals surface area contributed by atoms with Crippen molar-refractivity contribution in [3.05, 3.63) is 58.1 Å². The Morgan fingerprint density at radius 3 is 2.71 bits per heavy atom. The lowest BCUT2D eigenvalue weighted by atomic mass is 9.99. The molecule has 1 aliphatic rings. The maximum atomic E-state index is 12.2. The first-order valence-electron chi connectivity index (χ1n) is 10.3. The second-order valence-corrected chi connectivity index (χ2v) is 8.90. The fraction of sp³-hybridized carbons (Fsp3) is 0.364. The number of ether oxygens (including phenoxy) is 1. The van der Waals surface area contributed by atoms with Crippen molar-refractivity contribution >= 4 is 38.3 Å². The van der Waals surface area contributed by atoms with Crippen LogP contribution >= 0.6 is 11.3 Å². The van der Waals surface area contributed by atoms with Gasteiger partial charge in [0.1, 0.15) is 5.75 Å². The highest BCUT2D eigenvalue weighted by molar-refractivity contribution is 7.22. The van der Waals surface area contributed by atoms with Gasteiger partial charge in [-0.05, 0) is 61.7 Å². The molecule has 1 fully saturated rings. The van der Waals surface area contributed by atoms with E-state index in [-0.39, 0.29) is 18.2 Å². The molecule has 2 heterocycles. The van der Waals surface area contributed by atoms with Crippen LogP contribution in [0.2, 0.25) is 0 Å². The van der Waals surface area contributed by atoms with Crippen LogP contribution in [0, 0.1) is 16.0 Å². The third kappa shape index (κ3) is 5.56. The zero-order chi connectivity index (χ0) is 21.8. The van der Waals surface area contributed by atoms with Crippen molar-refractivity contribution in [2.75, 3.05) is 25.0 Å². The summed E-state index contributed by atoms with van der Waals surface area (Å²) in [5.41, 5.74) is 2.08. The molecule has 0 unspecified atom stereocenters. The van der Waals surface area contributed by atoms with Crippen molar-refractivity contribution in [1.29, 1.82) is 0 Å². The number of nitrogens with zero attached hydrogens (tertiary/aromatic N) is 3. The van der Waals surface area contributed by atoms with Gasteiger partial charge in [0.05, 0.1) is 15.1 Å². The lowest BCUT2D eigenvalue weighted by molar-refractivity contribution is -0.384. The second kappa shape index (κ2) is 9.40. The van der Waals surface area contributed by atoms with Gasteiger partial charge >= 0.3 is 0 Å². The molecule has 0 bridgehead atoms. The number of carbonyl (C=O) groups is 1. The average molecular weight is 441 g/mol. The highest BCUT2D eigenvalue weighted by atomic mass is 32.1. The van der Waals surface area contributed by atoms with E-state index in [9.17, 15) is 14.9 Å². The van der Waals surface area contributed by atoms with E-state index in [0.29, 0.717) is 10.9 Å². The molecule has 0 saturated carbocycles. The van der Waals surface area contributed by atoms with Crippen LogP contribution in [0.25, 0.3) is 10.2 Å². The fourth-order valence-corrected chi connectivity index (χ4v) is 4.51. The molecular formula is C22H24N4O4S. The van der Waals surface area contributed by atoms with Crippen molar-refractivity contribution in [2.24, 2.45) is 5.92 Å². The lowest BCUT2D eigenvalue weighted by Crippen LogP contribution is -2.32. The molecule has 1 aliphatic heterocycles. The number of carbonyl (C=O) groups excluding carboxylic acids is 1. The number of nitro groups is 1. The summed E-state index contributed by atoms with van der Waals surface area (Å²) in [5.74, 6) is 0.873. The van der Waals surface area contributed by atoms with Crippen LogP contribution in [0.3, 0.4) is 0 Å². The van der Waals surface area contributed by atoms with Crippen molar-refractivity contribution in [1.82, 2.24) is 9.88 Å². The summed E-state index contributed by atoms with van der Waals surface area (Å²) >= 11 is 1.44. The summed E-state index contributed by atoms with van der Waals surface area (Å²) in [6.45, 7) is 5.32. The first-order valence-corrected chi connectivity index (χ1v) is 11.1. The summed E-state index contributed by atoms with van der Waals surface area (Å²) in [6.07, 6.45) is 2.50. The molecule has 8 nitrogen and oxygen atoms in total. The third-order valence-electron chi connectivity index (χ3n) is 5.40. The number of nitro benzene ring substituents is 1. The number of fused-ring (bicyclic) bond motifs is 1. The number of aromatic nitrogens is 1. The van der Waals surface area contributed by atoms with E-state index in [0.717, 1.165) is 35.8 Å². The standard InChI is InChI=1S/C22H24N4O4S/c1-15-8-10-25(11-9-15)13-16-2-7-19-20(12-16)31-22(23-19)24-21(27)14-30-18-5-3-17(4-6-18)26(28)29/h2-7,12,15H,8-11,13-14H2,1H3,(H,23,24,27). The fourth-order valence-electron chi connectivity index (χ4n) is 3.57. The van der Waals surface area contributed by atoms with Crippen LogP contribution in [-0.4, -0.2) is 40.4 Å². The highest BCUT2D eigenvalue weighted by Gasteiger charge is 2.16. The van der Waals surface area contributed by atoms with E-state index in [4.69, 9.17) is 4.74 Å². The molecule has 2 aromatic carbocycles. The molecule has 4 rings (SSSR count). The van der Waals surface area contributed by atoms with Crippen molar-refractivity contribution in [3.8, 4) is 5.75 Å². The third-order valence-corrected chi connectivity index (χ3v) is 6.33. The van der Waals surface area contributed by atoms with Crippen LogP contribution in [0.15, 0.2) is 42.5 Å². The number of hydrogen-bond donors (Lipinski definition) is 1. The monoisotopic (exact) mass is 440 g/mol. The minimum Gasteiger partial charge on any atom is -0.484 e. The number of amides is 1. The first kappa shape index (κ1) is 21.2. The summed E-state index contributed by atoms with van der Waals surface area (Å²) in [5, 5.41) is 14.0. The molecule has 0 radical (unpaired) electrons. The molecule has 1 N–H and O–H groups in total. The largest absolute Gasteiger partial charge is 0.484 e. The molecule has 1 amide bonds. The molecule has 3 aromatic rings. The van der Waals surface area contributed by atoms with E-state index in [1.165, 1.54) is 54.0 Å². The van der Waals surface area contributed by atoms with Gasteiger partial charge in [0, 0.05) is 18.7 Å². The van der Waals surface area contributed by atoms with Crippen molar-refractivity contribution < 1.29 is 14.5 Å². The van der Waals surface area contributed by atoms with Crippen LogP contribution in [0.1, 0.15) is 25.3 Å². The number of anilines is 1. The molecule has 0 aliphatic carbocycles. The lowest BCUT2D eigenvalue weighted by Gasteiger charge is -2.30. The van der Waals surface area contributed by atoms with Gasteiger partial charge < -0.3 is 4.74 Å². The highest BCUT2D eigenvalue weighted by Crippen LogP contribution is 2.28. The molecule has 1 aromatic heterocycles. The summed E-state index contributed by atoms with van der Waals surface area (Å²) in [7, 11) is 0. The summed E-state index contributed by atoms with van der Waals surface area (Å²) in [4.78, 5) is 29.4. The predicted octanol–water partition coefficient (Wildman–Crippen LogP) is 4.45. The Morgan fingerprint density at radius 2 is 2.00 bits per heavy atom. The van der Waals surface area contributed by atoms with Gasteiger partial charge in [-0.25, -0.2) is 4.98 Å². The number of rotatable bonds is 7. The average Bonchev–Trinajstić information content (AvgIpc) is 3.15. The second-order valence-electron chi connectivity index (χ2n) is 7.87. The van der Waals surface area contributed by atoms with E-state index in [1.807, 2.05) is 6.07 Å². The van der Waals surface area contributed by atoms with Crippen molar-refractivity contribution in [2.45, 2.75) is 26.3 Å². The molecule has 162 valence electrons. The van der Waals surface area contributed by atoms with Crippen LogP contribution in [-0.2, 0) is 11.3 Å². The maximum Gasteiger partial charge on any atom is 0.269 e. The quantitative estimate of drug-likeness (QED) is 0.430. The Bertz CT molecular complexity index is 1070. The van der Waals surface area contributed by atoms with E-state index in [1.54, 1.807) is 0 Å². The summed E-state index contributed by atoms with van der Waals surface area (Å²) in [6, 6.07) is 11.8. The zero-order valence-electron chi connectivity index (χ0n) is 17.2. The Balaban J connectivity index is 1.32. The number of nitrogens with one attached hydrogen (secondary N) is 1. The number of likely N-dealkylation sites (tertiary alicyclic amines) is 1. The van der Waals surface area contributed by atoms with Gasteiger partial charge in [-0.1, -0.05) is 24.3 Å². The minimum atomic E-state index is -0.484. The van der Waals surface area contributed by atoms with Gasteiger partial charge in [0.15, 0.2) is 11.7 Å². The predicted molar refractivity (Wildman–Crippen MR) is 121 cm³/mol. The number of thiazole rings is 1. The van der Waals surface area contributed by atoms with Gasteiger partial charge in [-0.2, -0.15) is 0 Å². The SMILES string of the molecule is CC1CCN(Cc2ccc3nc(NC(=O)COc4ccc([N+](=O)[O-])cc4)sc3c2)CC1. The number of benzene rings is 2. The zero-order valence-corrected chi connectivity index (χ0v) is 18.1. The van der Waals surface area contributed by atoms with Gasteiger partial charge in [0.25, 0.3) is 11.6 Å². The molecule has 0 spiro atoms. The smallest absolute Gasteiger partial charge is 0.269 e. The van der Waals surface area contributed by atoms with Crippen LogP contribution < -0.4 is 10.1 Å². The minimum absolute atomic E-state index is 0.0273. The topological polar surface area (TPSA) is 97.6 Å². The van der Waals surface area contributed by atoms with Gasteiger partial charge in [-0.3, -0.25) is 25.1 Å². The molecule has 9 heteroatoms. The molecule has 31 heavy (non-hydrogen) atoms. The summed E-state index contributed by atoms with van der Waals surface area (Å²) < 4.78 is 6.43. The molecule has 0 atom stereocenters. The van der Waals surface area contributed by atoms with Gasteiger partial charge in [0.2, 0.25) is 0 Å². The van der Waals surface area contributed by atoms with Gasteiger partial charge in [-0.15, -0.1) is 0 Å². The number of piperidine rings is 1. The Labute approximate surface area is 184 Å².